The number of rotatable bonds is 9. The van der Waals surface area contributed by atoms with Crippen molar-refractivity contribution in [1.82, 2.24) is 15.1 Å². The third kappa shape index (κ3) is 6.79. The molecular weight excluding hydrogens is 400 g/mol. The van der Waals surface area contributed by atoms with E-state index in [9.17, 15) is 4.79 Å². The number of morpholine rings is 1. The van der Waals surface area contributed by atoms with Gasteiger partial charge in [0.05, 0.1) is 13.2 Å². The minimum absolute atomic E-state index is 0.0327. The SMILES string of the molecule is O=C(NCCCCN1CCN(c2ccccc2)CC1)c1cccc(CN2CCOCC2)c1. The number of carbonyl (C=O) groups excluding carboxylic acids is 1. The number of carbonyl (C=O) groups is 1. The number of unbranched alkanes of at least 4 members (excludes halogenated alkanes) is 1. The number of para-hydroxylation sites is 1. The number of nitrogens with one attached hydrogen (secondary N) is 1. The fraction of sp³-hybridized carbons (Fsp3) is 0.500. The second-order valence-electron chi connectivity index (χ2n) is 8.72. The molecule has 0 radical (unpaired) electrons. The summed E-state index contributed by atoms with van der Waals surface area (Å²) in [6, 6.07) is 18.7. The van der Waals surface area contributed by atoms with Crippen LogP contribution in [-0.4, -0.2) is 81.3 Å². The molecule has 2 heterocycles. The molecule has 0 aromatic heterocycles. The lowest BCUT2D eigenvalue weighted by Gasteiger charge is -2.36. The van der Waals surface area contributed by atoms with Gasteiger partial charge in [0.1, 0.15) is 0 Å². The van der Waals surface area contributed by atoms with Crippen molar-refractivity contribution in [2.45, 2.75) is 19.4 Å². The summed E-state index contributed by atoms with van der Waals surface area (Å²) in [6.45, 7) is 10.6. The first-order valence-corrected chi connectivity index (χ1v) is 12.0. The van der Waals surface area contributed by atoms with Crippen LogP contribution in [0.2, 0.25) is 0 Å². The van der Waals surface area contributed by atoms with Gasteiger partial charge < -0.3 is 15.0 Å². The Balaban J connectivity index is 1.11. The van der Waals surface area contributed by atoms with E-state index in [0.29, 0.717) is 0 Å². The van der Waals surface area contributed by atoms with Crippen molar-refractivity contribution in [3.8, 4) is 0 Å². The Hall–Kier alpha value is -2.41. The Kier molecular flexibility index (Phi) is 8.54. The highest BCUT2D eigenvalue weighted by Gasteiger charge is 2.16. The van der Waals surface area contributed by atoms with E-state index in [-0.39, 0.29) is 5.91 Å². The number of piperazine rings is 1. The van der Waals surface area contributed by atoms with Crippen molar-refractivity contribution in [2.24, 2.45) is 0 Å². The van der Waals surface area contributed by atoms with Crippen LogP contribution in [0.15, 0.2) is 54.6 Å². The number of hydrogen-bond acceptors (Lipinski definition) is 5. The summed E-state index contributed by atoms with van der Waals surface area (Å²) in [7, 11) is 0. The van der Waals surface area contributed by atoms with Crippen LogP contribution >= 0.6 is 0 Å². The van der Waals surface area contributed by atoms with Gasteiger partial charge in [-0.2, -0.15) is 0 Å². The first-order chi connectivity index (χ1) is 15.8. The summed E-state index contributed by atoms with van der Waals surface area (Å²) >= 11 is 0. The van der Waals surface area contributed by atoms with Crippen LogP contribution in [0.5, 0.6) is 0 Å². The van der Waals surface area contributed by atoms with Gasteiger partial charge in [0.2, 0.25) is 0 Å². The Morgan fingerprint density at radius 2 is 1.62 bits per heavy atom. The van der Waals surface area contributed by atoms with Crippen molar-refractivity contribution in [3.05, 3.63) is 65.7 Å². The maximum atomic E-state index is 12.6. The molecule has 0 saturated carbocycles. The predicted octanol–water partition coefficient (Wildman–Crippen LogP) is 2.85. The molecule has 0 atom stereocenters. The van der Waals surface area contributed by atoms with Gasteiger partial charge in [0.15, 0.2) is 0 Å². The minimum Gasteiger partial charge on any atom is -0.379 e. The summed E-state index contributed by atoms with van der Waals surface area (Å²) in [5.74, 6) is 0.0327. The van der Waals surface area contributed by atoms with E-state index in [1.165, 1.54) is 11.3 Å². The summed E-state index contributed by atoms with van der Waals surface area (Å²) in [5, 5.41) is 3.10. The molecule has 6 nitrogen and oxygen atoms in total. The molecule has 0 bridgehead atoms. The lowest BCUT2D eigenvalue weighted by Crippen LogP contribution is -2.46. The standard InChI is InChI=1S/C26H36N4O2/c31-26(24-8-6-7-23(21-24)22-29-17-19-32-20-18-29)27-11-4-5-12-28-13-15-30(16-14-28)25-9-2-1-3-10-25/h1-3,6-10,21H,4-5,11-20,22H2,(H,27,31). The zero-order chi connectivity index (χ0) is 22.0. The molecule has 172 valence electrons. The third-order valence-corrected chi connectivity index (χ3v) is 6.38. The molecule has 1 N–H and O–H groups in total. The van der Waals surface area contributed by atoms with Gasteiger partial charge in [0, 0.05) is 63.6 Å². The van der Waals surface area contributed by atoms with Gasteiger partial charge in [-0.05, 0) is 49.2 Å². The van der Waals surface area contributed by atoms with Gasteiger partial charge in [-0.3, -0.25) is 14.6 Å². The van der Waals surface area contributed by atoms with Crippen molar-refractivity contribution in [2.75, 3.05) is 70.5 Å². The first kappa shape index (κ1) is 22.8. The third-order valence-electron chi connectivity index (χ3n) is 6.38. The molecule has 2 aliphatic heterocycles. The molecular formula is C26H36N4O2. The highest BCUT2D eigenvalue weighted by molar-refractivity contribution is 5.94. The van der Waals surface area contributed by atoms with Gasteiger partial charge in [-0.1, -0.05) is 30.3 Å². The minimum atomic E-state index is 0.0327. The van der Waals surface area contributed by atoms with Gasteiger partial charge in [-0.25, -0.2) is 0 Å². The van der Waals surface area contributed by atoms with Gasteiger partial charge in [0.25, 0.3) is 5.91 Å². The molecule has 0 spiro atoms. The zero-order valence-corrected chi connectivity index (χ0v) is 19.0. The summed E-state index contributed by atoms with van der Waals surface area (Å²) in [6.07, 6.45) is 2.13. The average Bonchev–Trinajstić information content (AvgIpc) is 2.85. The average molecular weight is 437 g/mol. The summed E-state index contributed by atoms with van der Waals surface area (Å²) in [4.78, 5) is 19.9. The highest BCUT2D eigenvalue weighted by Crippen LogP contribution is 2.15. The van der Waals surface area contributed by atoms with Crippen molar-refractivity contribution in [3.63, 3.8) is 0 Å². The molecule has 1 amide bonds. The van der Waals surface area contributed by atoms with E-state index < -0.39 is 0 Å². The fourth-order valence-corrected chi connectivity index (χ4v) is 4.46. The number of benzene rings is 2. The quantitative estimate of drug-likeness (QED) is 0.613. The molecule has 2 saturated heterocycles. The highest BCUT2D eigenvalue weighted by atomic mass is 16.5. The predicted molar refractivity (Wildman–Crippen MR) is 129 cm³/mol. The number of hydrogen-bond donors (Lipinski definition) is 1. The first-order valence-electron chi connectivity index (χ1n) is 12.0. The second-order valence-corrected chi connectivity index (χ2v) is 8.72. The Morgan fingerprint density at radius 1 is 0.844 bits per heavy atom. The smallest absolute Gasteiger partial charge is 0.251 e. The lowest BCUT2D eigenvalue weighted by molar-refractivity contribution is 0.0342. The van der Waals surface area contributed by atoms with Crippen molar-refractivity contribution >= 4 is 11.6 Å². The molecule has 2 fully saturated rings. The van der Waals surface area contributed by atoms with E-state index >= 15 is 0 Å². The molecule has 2 aromatic carbocycles. The molecule has 0 aliphatic carbocycles. The Bertz CT molecular complexity index is 831. The number of amides is 1. The van der Waals surface area contributed by atoms with Gasteiger partial charge >= 0.3 is 0 Å². The molecule has 2 aliphatic rings. The van der Waals surface area contributed by atoms with Crippen LogP contribution in [0.25, 0.3) is 0 Å². The Morgan fingerprint density at radius 3 is 2.41 bits per heavy atom. The summed E-state index contributed by atoms with van der Waals surface area (Å²) < 4.78 is 5.41. The molecule has 0 unspecified atom stereocenters. The fourth-order valence-electron chi connectivity index (χ4n) is 4.46. The van der Waals surface area contributed by atoms with E-state index in [0.717, 1.165) is 90.5 Å². The number of anilines is 1. The second kappa shape index (κ2) is 12.0. The van der Waals surface area contributed by atoms with Crippen LogP contribution in [-0.2, 0) is 11.3 Å². The van der Waals surface area contributed by atoms with Crippen LogP contribution in [0.1, 0.15) is 28.8 Å². The molecule has 6 heteroatoms. The van der Waals surface area contributed by atoms with Crippen LogP contribution in [0.3, 0.4) is 0 Å². The zero-order valence-electron chi connectivity index (χ0n) is 19.0. The maximum Gasteiger partial charge on any atom is 0.251 e. The Labute approximate surface area is 192 Å². The largest absolute Gasteiger partial charge is 0.379 e. The number of ether oxygens (including phenoxy) is 1. The van der Waals surface area contributed by atoms with E-state index in [4.69, 9.17) is 4.74 Å². The van der Waals surface area contributed by atoms with E-state index in [1.54, 1.807) is 0 Å². The normalized spacial score (nSPS) is 17.9. The van der Waals surface area contributed by atoms with Crippen molar-refractivity contribution < 1.29 is 9.53 Å². The van der Waals surface area contributed by atoms with Crippen molar-refractivity contribution in [1.29, 1.82) is 0 Å². The molecule has 2 aromatic rings. The van der Waals surface area contributed by atoms with E-state index in [2.05, 4.69) is 56.4 Å². The maximum absolute atomic E-state index is 12.6. The van der Waals surface area contributed by atoms with Crippen LogP contribution in [0, 0.1) is 0 Å². The van der Waals surface area contributed by atoms with Crippen LogP contribution in [0.4, 0.5) is 5.69 Å². The summed E-state index contributed by atoms with van der Waals surface area (Å²) in [5.41, 5.74) is 3.27. The lowest BCUT2D eigenvalue weighted by atomic mass is 10.1. The molecule has 32 heavy (non-hydrogen) atoms. The topological polar surface area (TPSA) is 48.1 Å². The van der Waals surface area contributed by atoms with Gasteiger partial charge in [-0.15, -0.1) is 0 Å². The monoisotopic (exact) mass is 436 g/mol. The van der Waals surface area contributed by atoms with E-state index in [1.807, 2.05) is 18.2 Å². The van der Waals surface area contributed by atoms with Crippen LogP contribution < -0.4 is 10.2 Å². The number of nitrogens with zero attached hydrogens (tertiary/aromatic N) is 3. The molecule has 4 rings (SSSR count).